The van der Waals surface area contributed by atoms with E-state index in [1.807, 2.05) is 18.2 Å². The quantitative estimate of drug-likeness (QED) is 0.126. The van der Waals surface area contributed by atoms with Gasteiger partial charge in [0, 0.05) is 27.7 Å². The molecule has 3 rings (SSSR count). The van der Waals surface area contributed by atoms with Gasteiger partial charge in [-0.3, -0.25) is 15.5 Å². The monoisotopic (exact) mass is 667 g/mol. The van der Waals surface area contributed by atoms with Crippen molar-refractivity contribution in [2.75, 3.05) is 5.43 Å². The number of hydrogen-bond donors (Lipinski definition) is 1. The molecule has 30 heavy (non-hydrogen) atoms. The fraction of sp³-hybridized carbons (Fsp3) is 0.0500. The van der Waals surface area contributed by atoms with E-state index < -0.39 is 4.92 Å². The number of nitro benzene ring substituents is 1. The summed E-state index contributed by atoms with van der Waals surface area (Å²) in [5.74, 6) is 0.766. The van der Waals surface area contributed by atoms with Gasteiger partial charge in [-0.25, -0.2) is 0 Å². The van der Waals surface area contributed by atoms with Crippen LogP contribution in [0.5, 0.6) is 5.75 Å². The second kappa shape index (κ2) is 10.6. The third-order valence-corrected chi connectivity index (χ3v) is 6.08. The van der Waals surface area contributed by atoms with E-state index >= 15 is 0 Å². The van der Waals surface area contributed by atoms with E-state index in [2.05, 4.69) is 55.7 Å². The maximum Gasteiger partial charge on any atom is 0.269 e. The van der Waals surface area contributed by atoms with Gasteiger partial charge in [-0.05, 0) is 87.1 Å². The summed E-state index contributed by atoms with van der Waals surface area (Å²) in [5.41, 5.74) is 5.28. The van der Waals surface area contributed by atoms with Crippen molar-refractivity contribution in [3.8, 4) is 5.75 Å². The lowest BCUT2D eigenvalue weighted by atomic mass is 10.2. The molecule has 6 nitrogen and oxygen atoms in total. The smallest absolute Gasteiger partial charge is 0.269 e. The molecule has 0 aromatic heterocycles. The standard InChI is InChI=1S/C20H13Cl2I2N3O3/c21-14-2-1-13(17(22)9-14)11-30-20-18(23)7-12(8-19(20)24)10-25-26-15-3-5-16(6-4-15)27(28)29/h1-10,26H,11H2/b25-10+. The first-order valence-electron chi connectivity index (χ1n) is 8.43. The number of nitro groups is 1. The minimum absolute atomic E-state index is 0.0316. The highest BCUT2D eigenvalue weighted by molar-refractivity contribution is 14.1. The first-order chi connectivity index (χ1) is 14.3. The predicted molar refractivity (Wildman–Crippen MR) is 137 cm³/mol. The van der Waals surface area contributed by atoms with Crippen LogP contribution >= 0.6 is 68.4 Å². The van der Waals surface area contributed by atoms with Crippen LogP contribution < -0.4 is 10.2 Å². The van der Waals surface area contributed by atoms with Crippen LogP contribution in [0.1, 0.15) is 11.1 Å². The van der Waals surface area contributed by atoms with Gasteiger partial charge in [0.25, 0.3) is 5.69 Å². The summed E-state index contributed by atoms with van der Waals surface area (Å²) >= 11 is 16.6. The van der Waals surface area contributed by atoms with Crippen LogP contribution in [-0.2, 0) is 6.61 Å². The maximum atomic E-state index is 10.7. The molecular formula is C20H13Cl2I2N3O3. The zero-order valence-electron chi connectivity index (χ0n) is 15.1. The number of anilines is 1. The number of nitrogens with zero attached hydrogens (tertiary/aromatic N) is 2. The molecular weight excluding hydrogens is 655 g/mol. The Morgan fingerprint density at radius 3 is 2.33 bits per heavy atom. The second-order valence-corrected chi connectivity index (χ2v) is 9.18. The summed E-state index contributed by atoms with van der Waals surface area (Å²) in [6, 6.07) is 15.2. The highest BCUT2D eigenvalue weighted by Gasteiger charge is 2.10. The van der Waals surface area contributed by atoms with Crippen LogP contribution in [0.4, 0.5) is 11.4 Å². The summed E-state index contributed by atoms with van der Waals surface area (Å²) in [7, 11) is 0. The second-order valence-electron chi connectivity index (χ2n) is 6.01. The van der Waals surface area contributed by atoms with E-state index in [1.165, 1.54) is 12.1 Å². The summed E-state index contributed by atoms with van der Waals surface area (Å²) in [4.78, 5) is 10.2. The Bertz CT molecular complexity index is 1090. The van der Waals surface area contributed by atoms with Crippen LogP contribution in [0.15, 0.2) is 59.7 Å². The Hall–Kier alpha value is -1.63. The highest BCUT2D eigenvalue weighted by atomic mass is 127. The van der Waals surface area contributed by atoms with Gasteiger partial charge in [0.2, 0.25) is 0 Å². The number of non-ortho nitro benzene ring substituents is 1. The van der Waals surface area contributed by atoms with Crippen molar-refractivity contribution in [1.82, 2.24) is 0 Å². The highest BCUT2D eigenvalue weighted by Crippen LogP contribution is 2.30. The molecule has 0 saturated heterocycles. The van der Waals surface area contributed by atoms with Gasteiger partial charge in [-0.1, -0.05) is 29.3 Å². The third kappa shape index (κ3) is 6.19. The zero-order chi connectivity index (χ0) is 21.7. The summed E-state index contributed by atoms with van der Waals surface area (Å²) in [6.07, 6.45) is 1.67. The van der Waals surface area contributed by atoms with Gasteiger partial charge in [0.05, 0.1) is 24.0 Å². The van der Waals surface area contributed by atoms with Gasteiger partial charge in [-0.2, -0.15) is 5.10 Å². The fourth-order valence-electron chi connectivity index (χ4n) is 2.42. The van der Waals surface area contributed by atoms with Crippen LogP contribution in [0.25, 0.3) is 0 Å². The molecule has 0 amide bonds. The number of benzene rings is 3. The largest absolute Gasteiger partial charge is 0.487 e. The van der Waals surface area contributed by atoms with Gasteiger partial charge < -0.3 is 4.74 Å². The van der Waals surface area contributed by atoms with E-state index in [0.717, 1.165) is 24.0 Å². The van der Waals surface area contributed by atoms with Crippen LogP contribution in [0, 0.1) is 17.3 Å². The average Bonchev–Trinajstić information content (AvgIpc) is 2.69. The molecule has 3 aromatic rings. The van der Waals surface area contributed by atoms with E-state index in [9.17, 15) is 10.1 Å². The topological polar surface area (TPSA) is 76.8 Å². The van der Waals surface area contributed by atoms with Crippen molar-refractivity contribution in [2.24, 2.45) is 5.10 Å². The fourth-order valence-corrected chi connectivity index (χ4v) is 5.01. The minimum atomic E-state index is -0.443. The lowest BCUT2D eigenvalue weighted by molar-refractivity contribution is -0.384. The Balaban J connectivity index is 1.66. The molecule has 0 aliphatic rings. The van der Waals surface area contributed by atoms with Gasteiger partial charge in [0.15, 0.2) is 0 Å². The SMILES string of the molecule is O=[N+]([O-])c1ccc(N/N=C/c2cc(I)c(OCc3ccc(Cl)cc3Cl)c(I)c2)cc1. The molecule has 0 saturated carbocycles. The number of hydrazone groups is 1. The van der Waals surface area contributed by atoms with Crippen molar-refractivity contribution in [3.05, 3.63) is 93.0 Å². The van der Waals surface area contributed by atoms with E-state index in [-0.39, 0.29) is 5.69 Å². The van der Waals surface area contributed by atoms with Crippen LogP contribution in [0.2, 0.25) is 10.0 Å². The minimum Gasteiger partial charge on any atom is -0.487 e. The molecule has 0 radical (unpaired) electrons. The third-order valence-electron chi connectivity index (χ3n) is 3.89. The predicted octanol–water partition coefficient (Wildman–Crippen LogP) is 7.14. The number of halogens is 4. The van der Waals surface area contributed by atoms with Crippen molar-refractivity contribution in [1.29, 1.82) is 0 Å². The zero-order valence-corrected chi connectivity index (χ0v) is 20.9. The molecule has 0 aliphatic heterocycles. The molecule has 0 bridgehead atoms. The Morgan fingerprint density at radius 2 is 1.73 bits per heavy atom. The van der Waals surface area contributed by atoms with Crippen molar-refractivity contribution in [2.45, 2.75) is 6.61 Å². The van der Waals surface area contributed by atoms with Crippen molar-refractivity contribution >= 4 is 86.0 Å². The van der Waals surface area contributed by atoms with Crippen molar-refractivity contribution in [3.63, 3.8) is 0 Å². The molecule has 0 atom stereocenters. The normalized spacial score (nSPS) is 10.9. The Kier molecular flexibility index (Phi) is 8.14. The van der Waals surface area contributed by atoms with Gasteiger partial charge >= 0.3 is 0 Å². The maximum absolute atomic E-state index is 10.7. The molecule has 0 heterocycles. The number of rotatable bonds is 7. The molecule has 0 unspecified atom stereocenters. The first kappa shape index (κ1) is 23.0. The molecule has 154 valence electrons. The Morgan fingerprint density at radius 1 is 1.07 bits per heavy atom. The van der Waals surface area contributed by atoms with E-state index in [4.69, 9.17) is 27.9 Å². The van der Waals surface area contributed by atoms with E-state index in [0.29, 0.717) is 22.3 Å². The molecule has 3 aromatic carbocycles. The molecule has 0 fully saturated rings. The lowest BCUT2D eigenvalue weighted by Gasteiger charge is -2.12. The number of nitrogens with one attached hydrogen (secondary N) is 1. The van der Waals surface area contributed by atoms with Gasteiger partial charge in [0.1, 0.15) is 12.4 Å². The summed E-state index contributed by atoms with van der Waals surface area (Å²) in [5, 5.41) is 16.0. The van der Waals surface area contributed by atoms with Gasteiger partial charge in [-0.15, -0.1) is 0 Å². The van der Waals surface area contributed by atoms with Crippen LogP contribution in [-0.4, -0.2) is 11.1 Å². The Labute approximate surface area is 210 Å². The van der Waals surface area contributed by atoms with Crippen molar-refractivity contribution < 1.29 is 9.66 Å². The number of hydrogen-bond acceptors (Lipinski definition) is 5. The van der Waals surface area contributed by atoms with Crippen LogP contribution in [0.3, 0.4) is 0 Å². The summed E-state index contributed by atoms with van der Waals surface area (Å²) in [6.45, 7) is 0.330. The lowest BCUT2D eigenvalue weighted by Crippen LogP contribution is -2.01. The average molecular weight is 668 g/mol. The summed E-state index contributed by atoms with van der Waals surface area (Å²) < 4.78 is 7.84. The first-order valence-corrected chi connectivity index (χ1v) is 11.3. The number of ether oxygens (including phenoxy) is 1. The molecule has 1 N–H and O–H groups in total. The molecule has 0 aliphatic carbocycles. The molecule has 10 heteroatoms. The molecule has 0 spiro atoms. The van der Waals surface area contributed by atoms with E-state index in [1.54, 1.807) is 30.5 Å².